The van der Waals surface area contributed by atoms with Crippen molar-refractivity contribution in [2.45, 2.75) is 45.3 Å². The Balaban J connectivity index is 2.25. The van der Waals surface area contributed by atoms with Gasteiger partial charge in [0.15, 0.2) is 0 Å². The van der Waals surface area contributed by atoms with E-state index in [1.165, 1.54) is 19.3 Å². The van der Waals surface area contributed by atoms with E-state index in [9.17, 15) is 5.11 Å². The van der Waals surface area contributed by atoms with E-state index in [0.29, 0.717) is 11.1 Å². The molecule has 0 aromatic carbocycles. The molecule has 0 spiro atoms. The van der Waals surface area contributed by atoms with Gasteiger partial charge < -0.3 is 10.0 Å². The largest absolute Gasteiger partial charge is 0.392 e. The highest BCUT2D eigenvalue weighted by atomic mass is 35.5. The summed E-state index contributed by atoms with van der Waals surface area (Å²) >= 11 is 5.96. The molecular weight excluding hydrogens is 236 g/mol. The smallest absolute Gasteiger partial charge is 0.129 e. The molecule has 2 rings (SSSR count). The van der Waals surface area contributed by atoms with Gasteiger partial charge in [-0.3, -0.25) is 0 Å². The Morgan fingerprint density at radius 1 is 1.53 bits per heavy atom. The first-order valence-electron chi connectivity index (χ1n) is 6.28. The van der Waals surface area contributed by atoms with Gasteiger partial charge in [0.2, 0.25) is 0 Å². The zero-order chi connectivity index (χ0) is 12.3. The van der Waals surface area contributed by atoms with Crippen molar-refractivity contribution in [2.75, 3.05) is 11.4 Å². The second-order valence-electron chi connectivity index (χ2n) is 4.54. The number of aliphatic hydroxyl groups is 1. The normalized spacial score (nSPS) is 20.6. The summed E-state index contributed by atoms with van der Waals surface area (Å²) in [7, 11) is 0. The van der Waals surface area contributed by atoms with E-state index >= 15 is 0 Å². The molecule has 0 saturated carbocycles. The van der Waals surface area contributed by atoms with Crippen LogP contribution in [0.15, 0.2) is 12.3 Å². The quantitative estimate of drug-likeness (QED) is 0.901. The Hall–Kier alpha value is -0.800. The molecule has 1 saturated heterocycles. The van der Waals surface area contributed by atoms with Gasteiger partial charge in [0.25, 0.3) is 0 Å². The van der Waals surface area contributed by atoms with Gasteiger partial charge in [0, 0.05) is 24.3 Å². The molecule has 1 aliphatic rings. The van der Waals surface area contributed by atoms with Crippen LogP contribution in [0, 0.1) is 0 Å². The number of pyridine rings is 1. The van der Waals surface area contributed by atoms with Gasteiger partial charge >= 0.3 is 0 Å². The Morgan fingerprint density at radius 3 is 3.06 bits per heavy atom. The number of rotatable bonds is 3. The predicted molar refractivity (Wildman–Crippen MR) is 70.4 cm³/mol. The van der Waals surface area contributed by atoms with Crippen LogP contribution < -0.4 is 4.90 Å². The zero-order valence-corrected chi connectivity index (χ0v) is 11.0. The second kappa shape index (κ2) is 5.69. The van der Waals surface area contributed by atoms with E-state index in [1.807, 2.05) is 6.07 Å². The fourth-order valence-electron chi connectivity index (χ4n) is 2.47. The molecule has 94 valence electrons. The number of hydrogen-bond donors (Lipinski definition) is 1. The van der Waals surface area contributed by atoms with Crippen molar-refractivity contribution in [3.8, 4) is 0 Å². The van der Waals surface area contributed by atoms with Gasteiger partial charge in [-0.25, -0.2) is 4.98 Å². The van der Waals surface area contributed by atoms with Crippen LogP contribution in [0.1, 0.15) is 38.2 Å². The van der Waals surface area contributed by atoms with Crippen LogP contribution in [0.3, 0.4) is 0 Å². The Kier molecular flexibility index (Phi) is 4.24. The Morgan fingerprint density at radius 2 is 2.35 bits per heavy atom. The lowest BCUT2D eigenvalue weighted by molar-refractivity contribution is 0.281. The second-order valence-corrected chi connectivity index (χ2v) is 4.95. The van der Waals surface area contributed by atoms with Gasteiger partial charge in [0.05, 0.1) is 11.6 Å². The molecule has 3 nitrogen and oxygen atoms in total. The highest BCUT2D eigenvalue weighted by Gasteiger charge is 2.22. The van der Waals surface area contributed by atoms with E-state index in [1.54, 1.807) is 6.20 Å². The molecule has 0 radical (unpaired) electrons. The first-order chi connectivity index (χ1) is 8.26. The number of hydrogen-bond acceptors (Lipinski definition) is 3. The number of piperidine rings is 1. The number of aromatic nitrogens is 1. The van der Waals surface area contributed by atoms with Crippen molar-refractivity contribution in [2.24, 2.45) is 0 Å². The Bertz CT molecular complexity index is 384. The van der Waals surface area contributed by atoms with Crippen molar-refractivity contribution in [3.63, 3.8) is 0 Å². The molecule has 1 unspecified atom stereocenters. The molecule has 1 fully saturated rings. The predicted octanol–water partition coefficient (Wildman–Crippen LogP) is 3.00. The summed E-state index contributed by atoms with van der Waals surface area (Å²) in [6.45, 7) is 3.24. The van der Waals surface area contributed by atoms with Gasteiger partial charge in [-0.2, -0.15) is 0 Å². The lowest BCUT2D eigenvalue weighted by Crippen LogP contribution is -2.39. The van der Waals surface area contributed by atoms with E-state index < -0.39 is 0 Å². The highest BCUT2D eigenvalue weighted by molar-refractivity contribution is 6.31. The lowest BCUT2D eigenvalue weighted by Gasteiger charge is -2.36. The van der Waals surface area contributed by atoms with Crippen LogP contribution in [0.2, 0.25) is 5.02 Å². The standard InChI is InChI=1S/C13H19ClN2O/c1-2-11-5-3-4-6-16(11)13-7-10(9-17)12(14)8-15-13/h7-8,11,17H,2-6,9H2,1H3. The highest BCUT2D eigenvalue weighted by Crippen LogP contribution is 2.27. The molecule has 1 atom stereocenters. The molecule has 2 heterocycles. The molecular formula is C13H19ClN2O. The minimum atomic E-state index is -0.0288. The Labute approximate surface area is 107 Å². The van der Waals surface area contributed by atoms with E-state index in [2.05, 4.69) is 16.8 Å². The summed E-state index contributed by atoms with van der Waals surface area (Å²) in [5.41, 5.74) is 0.761. The molecule has 1 aromatic heterocycles. The minimum absolute atomic E-state index is 0.0288. The molecule has 1 aromatic rings. The van der Waals surface area contributed by atoms with Gasteiger partial charge in [-0.05, 0) is 31.7 Å². The van der Waals surface area contributed by atoms with Crippen LogP contribution >= 0.6 is 11.6 Å². The molecule has 0 aliphatic carbocycles. The maximum Gasteiger partial charge on any atom is 0.129 e. The van der Waals surface area contributed by atoms with E-state index in [0.717, 1.165) is 24.3 Å². The molecule has 1 N–H and O–H groups in total. The van der Waals surface area contributed by atoms with Crippen molar-refractivity contribution in [1.29, 1.82) is 0 Å². The molecule has 0 amide bonds. The van der Waals surface area contributed by atoms with Crippen LogP contribution in [0.5, 0.6) is 0 Å². The summed E-state index contributed by atoms with van der Waals surface area (Å²) < 4.78 is 0. The van der Waals surface area contributed by atoms with Crippen LogP contribution in [-0.4, -0.2) is 22.7 Å². The number of anilines is 1. The molecule has 4 heteroatoms. The lowest BCUT2D eigenvalue weighted by atomic mass is 10.00. The number of halogens is 1. The van der Waals surface area contributed by atoms with E-state index in [4.69, 9.17) is 11.6 Å². The third-order valence-corrected chi connectivity index (χ3v) is 3.82. The maximum absolute atomic E-state index is 9.23. The monoisotopic (exact) mass is 254 g/mol. The summed E-state index contributed by atoms with van der Waals surface area (Å²) in [5, 5.41) is 9.78. The van der Waals surface area contributed by atoms with Gasteiger partial charge in [-0.1, -0.05) is 18.5 Å². The van der Waals surface area contributed by atoms with E-state index in [-0.39, 0.29) is 6.61 Å². The topological polar surface area (TPSA) is 36.4 Å². The number of aliphatic hydroxyl groups excluding tert-OH is 1. The fraction of sp³-hybridized carbons (Fsp3) is 0.615. The summed E-state index contributed by atoms with van der Waals surface area (Å²) in [6, 6.07) is 2.49. The summed E-state index contributed by atoms with van der Waals surface area (Å²) in [6.07, 6.45) is 6.53. The average molecular weight is 255 g/mol. The summed E-state index contributed by atoms with van der Waals surface area (Å²) in [5.74, 6) is 0.949. The fourth-order valence-corrected chi connectivity index (χ4v) is 2.64. The summed E-state index contributed by atoms with van der Waals surface area (Å²) in [4.78, 5) is 6.74. The first-order valence-corrected chi connectivity index (χ1v) is 6.66. The molecule has 1 aliphatic heterocycles. The third-order valence-electron chi connectivity index (χ3n) is 3.48. The molecule has 17 heavy (non-hydrogen) atoms. The van der Waals surface area contributed by atoms with Crippen LogP contribution in [0.25, 0.3) is 0 Å². The van der Waals surface area contributed by atoms with Crippen molar-refractivity contribution in [3.05, 3.63) is 22.8 Å². The molecule has 0 bridgehead atoms. The average Bonchev–Trinajstić information content (AvgIpc) is 2.39. The minimum Gasteiger partial charge on any atom is -0.392 e. The maximum atomic E-state index is 9.23. The first kappa shape index (κ1) is 12.7. The third kappa shape index (κ3) is 2.72. The van der Waals surface area contributed by atoms with Crippen molar-refractivity contribution >= 4 is 17.4 Å². The van der Waals surface area contributed by atoms with Crippen LogP contribution in [-0.2, 0) is 6.61 Å². The van der Waals surface area contributed by atoms with Crippen LogP contribution in [0.4, 0.5) is 5.82 Å². The van der Waals surface area contributed by atoms with Crippen molar-refractivity contribution < 1.29 is 5.11 Å². The van der Waals surface area contributed by atoms with Crippen molar-refractivity contribution in [1.82, 2.24) is 4.98 Å². The number of nitrogens with zero attached hydrogens (tertiary/aromatic N) is 2. The SMILES string of the molecule is CCC1CCCCN1c1cc(CO)c(Cl)cn1. The zero-order valence-electron chi connectivity index (χ0n) is 10.2. The van der Waals surface area contributed by atoms with Gasteiger partial charge in [-0.15, -0.1) is 0 Å². The van der Waals surface area contributed by atoms with Gasteiger partial charge in [0.1, 0.15) is 5.82 Å².